The maximum Gasteiger partial charge on any atom is 0.213 e. The van der Waals surface area contributed by atoms with E-state index in [1.807, 2.05) is 6.07 Å². The fraction of sp³-hybridized carbons (Fsp3) is 0.333. The number of anilines is 1. The molecule has 1 aromatic carbocycles. The second-order valence-corrected chi connectivity index (χ2v) is 8.60. The highest BCUT2D eigenvalue weighted by Crippen LogP contribution is 2.37. The number of nitrogen functional groups attached to an aromatic ring is 1. The smallest absolute Gasteiger partial charge is 0.213 e. The van der Waals surface area contributed by atoms with Gasteiger partial charge in [-0.05, 0) is 31.2 Å². The van der Waals surface area contributed by atoms with Gasteiger partial charge >= 0.3 is 0 Å². The molecule has 0 radical (unpaired) electrons. The molecule has 0 bridgehead atoms. The van der Waals surface area contributed by atoms with E-state index >= 15 is 0 Å². The van der Waals surface area contributed by atoms with E-state index in [9.17, 15) is 4.39 Å². The number of halogens is 3. The first-order valence-corrected chi connectivity index (χ1v) is 11.6. The van der Waals surface area contributed by atoms with Crippen molar-refractivity contribution in [2.75, 3.05) is 45.2 Å². The predicted molar refractivity (Wildman–Crippen MR) is 130 cm³/mol. The highest BCUT2D eigenvalue weighted by molar-refractivity contribution is 6.36. The summed E-state index contributed by atoms with van der Waals surface area (Å²) in [6, 6.07) is 8.08. The minimum Gasteiger partial charge on any atom is -0.482 e. The third kappa shape index (κ3) is 5.88. The predicted octanol–water partition coefficient (Wildman–Crippen LogP) is 5.02. The van der Waals surface area contributed by atoms with Gasteiger partial charge in [-0.15, -0.1) is 0 Å². The molecule has 1 atom stereocenters. The Bertz CT molecular complexity index is 1130. The molecule has 10 heteroatoms. The molecular weight excluding hydrogens is 482 g/mol. The number of nitrogens with zero attached hydrogens (tertiary/aromatic N) is 3. The SMILES string of the molecule is CC(Oc1cc(-c2ccc(OCCN3CCOCC3)nc2)cnc1N)c1c(Cl)ccc(F)c1Cl. The Hall–Kier alpha value is -2.65. The summed E-state index contributed by atoms with van der Waals surface area (Å²) >= 11 is 12.3. The van der Waals surface area contributed by atoms with E-state index in [0.29, 0.717) is 28.8 Å². The lowest BCUT2D eigenvalue weighted by atomic mass is 10.1. The van der Waals surface area contributed by atoms with E-state index in [2.05, 4.69) is 14.9 Å². The van der Waals surface area contributed by atoms with Crippen LogP contribution >= 0.6 is 23.2 Å². The molecule has 4 rings (SSSR count). The Morgan fingerprint density at radius 1 is 1.12 bits per heavy atom. The summed E-state index contributed by atoms with van der Waals surface area (Å²) in [6.45, 7) is 6.44. The van der Waals surface area contributed by atoms with E-state index in [1.54, 1.807) is 31.5 Å². The molecule has 2 N–H and O–H groups in total. The zero-order chi connectivity index (χ0) is 24.1. The van der Waals surface area contributed by atoms with E-state index < -0.39 is 11.9 Å². The average molecular weight is 507 g/mol. The van der Waals surface area contributed by atoms with Crippen LogP contribution in [-0.4, -0.2) is 54.3 Å². The molecule has 3 heterocycles. The molecule has 1 unspecified atom stereocenters. The molecule has 3 aromatic rings. The number of rotatable bonds is 8. The van der Waals surface area contributed by atoms with Crippen molar-refractivity contribution in [3.63, 3.8) is 0 Å². The molecule has 0 spiro atoms. The average Bonchev–Trinajstić information content (AvgIpc) is 2.84. The van der Waals surface area contributed by atoms with Crippen LogP contribution in [0, 0.1) is 5.82 Å². The monoisotopic (exact) mass is 506 g/mol. The van der Waals surface area contributed by atoms with Crippen LogP contribution in [0.3, 0.4) is 0 Å². The summed E-state index contributed by atoms with van der Waals surface area (Å²) in [5.41, 5.74) is 7.92. The number of aromatic nitrogens is 2. The van der Waals surface area contributed by atoms with Gasteiger partial charge in [0.05, 0.1) is 18.2 Å². The normalized spacial score (nSPS) is 15.2. The lowest BCUT2D eigenvalue weighted by Crippen LogP contribution is -2.38. The van der Waals surface area contributed by atoms with Crippen LogP contribution in [0.5, 0.6) is 11.6 Å². The van der Waals surface area contributed by atoms with Gasteiger partial charge in [0.15, 0.2) is 11.6 Å². The molecule has 1 saturated heterocycles. The molecular formula is C24H25Cl2FN4O3. The minimum absolute atomic E-state index is 0.0869. The number of morpholine rings is 1. The molecule has 1 aliphatic rings. The van der Waals surface area contributed by atoms with Gasteiger partial charge in [-0.2, -0.15) is 0 Å². The van der Waals surface area contributed by atoms with Crippen LogP contribution in [-0.2, 0) is 4.74 Å². The van der Waals surface area contributed by atoms with Crippen molar-refractivity contribution >= 4 is 29.0 Å². The van der Waals surface area contributed by atoms with Gasteiger partial charge in [0.1, 0.15) is 18.5 Å². The zero-order valence-corrected chi connectivity index (χ0v) is 20.2. The molecule has 0 saturated carbocycles. The topological polar surface area (TPSA) is 82.7 Å². The number of pyridine rings is 2. The van der Waals surface area contributed by atoms with E-state index in [0.717, 1.165) is 44.0 Å². The van der Waals surface area contributed by atoms with Crippen LogP contribution in [0.4, 0.5) is 10.2 Å². The third-order valence-electron chi connectivity index (χ3n) is 5.50. The summed E-state index contributed by atoms with van der Waals surface area (Å²) < 4.78 is 31.0. The highest BCUT2D eigenvalue weighted by Gasteiger charge is 2.20. The summed E-state index contributed by atoms with van der Waals surface area (Å²) in [4.78, 5) is 10.9. The van der Waals surface area contributed by atoms with E-state index in [1.165, 1.54) is 12.1 Å². The van der Waals surface area contributed by atoms with Crippen LogP contribution in [0.25, 0.3) is 11.1 Å². The molecule has 0 aliphatic carbocycles. The van der Waals surface area contributed by atoms with Crippen molar-refractivity contribution < 1.29 is 18.6 Å². The Kier molecular flexibility index (Phi) is 8.05. The number of hydrogen-bond acceptors (Lipinski definition) is 7. The first-order valence-electron chi connectivity index (χ1n) is 10.9. The summed E-state index contributed by atoms with van der Waals surface area (Å²) in [7, 11) is 0. The van der Waals surface area contributed by atoms with E-state index in [4.69, 9.17) is 43.1 Å². The largest absolute Gasteiger partial charge is 0.482 e. The molecule has 1 aliphatic heterocycles. The molecule has 1 fully saturated rings. The Morgan fingerprint density at radius 2 is 1.88 bits per heavy atom. The molecule has 180 valence electrons. The summed E-state index contributed by atoms with van der Waals surface area (Å²) in [5, 5.41) is 0.214. The maximum absolute atomic E-state index is 13.9. The van der Waals surface area contributed by atoms with Gasteiger partial charge in [-0.1, -0.05) is 23.2 Å². The maximum atomic E-state index is 13.9. The van der Waals surface area contributed by atoms with Crippen LogP contribution in [0.2, 0.25) is 10.0 Å². The fourth-order valence-electron chi connectivity index (χ4n) is 3.61. The van der Waals surface area contributed by atoms with Gasteiger partial charge in [0.25, 0.3) is 0 Å². The third-order valence-corrected chi connectivity index (χ3v) is 6.22. The standard InChI is InChI=1S/C24H25Cl2FN4O3/c1-15(22-18(25)3-4-19(27)23(22)26)34-20-12-17(14-30-24(20)28)16-2-5-21(29-13-16)33-11-8-31-6-9-32-10-7-31/h2-5,12-15H,6-11H2,1H3,(H2,28,30). The summed E-state index contributed by atoms with van der Waals surface area (Å²) in [6.07, 6.45) is 2.67. The molecule has 2 aromatic heterocycles. The zero-order valence-electron chi connectivity index (χ0n) is 18.6. The lowest BCUT2D eigenvalue weighted by Gasteiger charge is -2.26. The van der Waals surface area contributed by atoms with Gasteiger partial charge in [0, 0.05) is 59.8 Å². The van der Waals surface area contributed by atoms with Gasteiger partial charge < -0.3 is 19.9 Å². The molecule has 34 heavy (non-hydrogen) atoms. The van der Waals surface area contributed by atoms with Crippen LogP contribution in [0.15, 0.2) is 42.7 Å². The summed E-state index contributed by atoms with van der Waals surface area (Å²) in [5.74, 6) is 0.484. The van der Waals surface area contributed by atoms with Crippen LogP contribution < -0.4 is 15.2 Å². The van der Waals surface area contributed by atoms with Crippen LogP contribution in [0.1, 0.15) is 18.6 Å². The highest BCUT2D eigenvalue weighted by atomic mass is 35.5. The first kappa shape index (κ1) is 24.5. The number of nitrogens with two attached hydrogens (primary N) is 1. The lowest BCUT2D eigenvalue weighted by molar-refractivity contribution is 0.0320. The van der Waals surface area contributed by atoms with Crippen molar-refractivity contribution in [2.24, 2.45) is 0 Å². The van der Waals surface area contributed by atoms with Gasteiger partial charge in [-0.25, -0.2) is 14.4 Å². The quantitative estimate of drug-likeness (QED) is 0.429. The minimum atomic E-state index is -0.657. The number of hydrogen-bond donors (Lipinski definition) is 1. The number of benzene rings is 1. The molecule has 0 amide bonds. The van der Waals surface area contributed by atoms with Crippen molar-refractivity contribution in [1.29, 1.82) is 0 Å². The van der Waals surface area contributed by atoms with E-state index in [-0.39, 0.29) is 10.8 Å². The Labute approximate surface area is 207 Å². The number of ether oxygens (including phenoxy) is 3. The molecule has 7 nitrogen and oxygen atoms in total. The first-order chi connectivity index (χ1) is 16.4. The van der Waals surface area contributed by atoms with Crippen molar-refractivity contribution in [3.05, 3.63) is 64.2 Å². The van der Waals surface area contributed by atoms with Crippen molar-refractivity contribution in [2.45, 2.75) is 13.0 Å². The Balaban J connectivity index is 1.43. The fourth-order valence-corrected chi connectivity index (χ4v) is 4.29. The van der Waals surface area contributed by atoms with Crippen molar-refractivity contribution in [3.8, 4) is 22.8 Å². The second kappa shape index (κ2) is 11.2. The van der Waals surface area contributed by atoms with Gasteiger partial charge in [-0.3, -0.25) is 4.90 Å². The Morgan fingerprint density at radius 3 is 2.62 bits per heavy atom. The second-order valence-electron chi connectivity index (χ2n) is 7.81. The van der Waals surface area contributed by atoms with Gasteiger partial charge in [0.2, 0.25) is 5.88 Å². The van der Waals surface area contributed by atoms with Crippen molar-refractivity contribution in [1.82, 2.24) is 14.9 Å².